The second-order valence-electron chi connectivity index (χ2n) is 6.04. The highest BCUT2D eigenvalue weighted by Gasteiger charge is 2.27. The molecule has 3 aromatic rings. The van der Waals surface area contributed by atoms with E-state index in [4.69, 9.17) is 0 Å². The lowest BCUT2D eigenvalue weighted by Crippen LogP contribution is -2.49. The van der Waals surface area contributed by atoms with Crippen LogP contribution >= 0.6 is 23.1 Å². The maximum absolute atomic E-state index is 13.3. The Morgan fingerprint density at radius 3 is 2.52 bits per heavy atom. The van der Waals surface area contributed by atoms with Gasteiger partial charge in [0.1, 0.15) is 11.5 Å². The van der Waals surface area contributed by atoms with E-state index in [-0.39, 0.29) is 11.7 Å². The summed E-state index contributed by atoms with van der Waals surface area (Å²) in [5.41, 5.74) is 1.22. The molecule has 0 saturated carbocycles. The minimum atomic E-state index is -0.309. The van der Waals surface area contributed by atoms with Gasteiger partial charge in [-0.2, -0.15) is 0 Å². The number of halogens is 1. The molecule has 0 aliphatic carbocycles. The number of hydrogen-bond donors (Lipinski definition) is 0. The highest BCUT2D eigenvalue weighted by atomic mass is 32.2. The van der Waals surface area contributed by atoms with Crippen LogP contribution in [0.4, 0.5) is 9.52 Å². The monoisotopic (exact) mass is 403 g/mol. The number of anilines is 1. The van der Waals surface area contributed by atoms with E-state index in [9.17, 15) is 9.18 Å². The second-order valence-corrected chi connectivity index (χ2v) is 7.68. The molecule has 1 aliphatic heterocycles. The molecular formula is C18H18FN5OS2. The maximum atomic E-state index is 13.3. The van der Waals surface area contributed by atoms with Gasteiger partial charge in [0.05, 0.1) is 6.20 Å². The number of thiazole rings is 1. The number of carbonyl (C=O) groups excluding carboxylic acids is 1. The van der Waals surface area contributed by atoms with Crippen molar-refractivity contribution in [2.24, 2.45) is 0 Å². The summed E-state index contributed by atoms with van der Waals surface area (Å²) in [5.74, 6) is -0.373. The van der Waals surface area contributed by atoms with Crippen molar-refractivity contribution in [1.29, 1.82) is 0 Å². The van der Waals surface area contributed by atoms with Crippen LogP contribution in [0.1, 0.15) is 10.5 Å². The van der Waals surface area contributed by atoms with Crippen molar-refractivity contribution in [3.63, 3.8) is 0 Å². The Balaban J connectivity index is 1.56. The summed E-state index contributed by atoms with van der Waals surface area (Å²) in [6, 6.07) is 6.10. The molecule has 1 amide bonds. The minimum Gasteiger partial charge on any atom is -0.345 e. The van der Waals surface area contributed by atoms with E-state index in [1.165, 1.54) is 23.9 Å². The number of piperazine rings is 1. The summed E-state index contributed by atoms with van der Waals surface area (Å²) >= 11 is 3.06. The predicted octanol–water partition coefficient (Wildman–Crippen LogP) is 3.15. The lowest BCUT2D eigenvalue weighted by molar-refractivity contribution is 0.0738. The van der Waals surface area contributed by atoms with Gasteiger partial charge in [0.25, 0.3) is 5.91 Å². The molecule has 2 aromatic heterocycles. The zero-order chi connectivity index (χ0) is 18.8. The summed E-state index contributed by atoms with van der Waals surface area (Å²) in [5, 5.41) is 3.65. The second kappa shape index (κ2) is 7.69. The Hall–Kier alpha value is -2.39. The first-order valence-electron chi connectivity index (χ1n) is 8.49. The van der Waals surface area contributed by atoms with E-state index in [2.05, 4.69) is 14.9 Å². The molecule has 0 spiro atoms. The average molecular weight is 404 g/mol. The van der Waals surface area contributed by atoms with Crippen LogP contribution in [0.3, 0.4) is 0 Å². The van der Waals surface area contributed by atoms with Gasteiger partial charge in [0.15, 0.2) is 10.3 Å². The van der Waals surface area contributed by atoms with Gasteiger partial charge >= 0.3 is 0 Å². The number of amides is 1. The molecule has 0 bridgehead atoms. The molecule has 0 radical (unpaired) electrons. The Morgan fingerprint density at radius 1 is 1.15 bits per heavy atom. The molecule has 1 saturated heterocycles. The SMILES string of the molecule is CSc1ncc(C(=O)N2CCN(c3nccs3)CC2)n1-c1ccc(F)cc1. The van der Waals surface area contributed by atoms with Gasteiger partial charge in [0, 0.05) is 43.4 Å². The summed E-state index contributed by atoms with van der Waals surface area (Å²) in [7, 11) is 0. The van der Waals surface area contributed by atoms with Gasteiger partial charge < -0.3 is 9.80 Å². The summed E-state index contributed by atoms with van der Waals surface area (Å²) < 4.78 is 15.1. The standard InChI is InChI=1S/C18H18FN5OS2/c1-26-18-21-12-15(24(18)14-4-2-13(19)3-5-14)16(25)22-7-9-23(10-8-22)17-20-6-11-27-17/h2-6,11-12H,7-10H2,1H3. The fraction of sp³-hybridized carbons (Fsp3) is 0.278. The molecular weight excluding hydrogens is 385 g/mol. The summed E-state index contributed by atoms with van der Waals surface area (Å²) in [6.45, 7) is 2.75. The molecule has 140 valence electrons. The number of hydrogen-bond acceptors (Lipinski definition) is 6. The molecule has 27 heavy (non-hydrogen) atoms. The number of aromatic nitrogens is 3. The molecule has 9 heteroatoms. The first kappa shape index (κ1) is 18.0. The fourth-order valence-corrected chi connectivity index (χ4v) is 4.35. The fourth-order valence-electron chi connectivity index (χ4n) is 3.10. The molecule has 3 heterocycles. The van der Waals surface area contributed by atoms with Crippen molar-refractivity contribution in [3.05, 3.63) is 53.6 Å². The predicted molar refractivity (Wildman–Crippen MR) is 106 cm³/mol. The van der Waals surface area contributed by atoms with Crippen LogP contribution in [-0.2, 0) is 0 Å². The molecule has 0 atom stereocenters. The highest BCUT2D eigenvalue weighted by Crippen LogP contribution is 2.24. The smallest absolute Gasteiger partial charge is 0.272 e. The molecule has 0 N–H and O–H groups in total. The van der Waals surface area contributed by atoms with Gasteiger partial charge in [-0.05, 0) is 30.5 Å². The average Bonchev–Trinajstić information content (AvgIpc) is 3.38. The quantitative estimate of drug-likeness (QED) is 0.627. The number of carbonyl (C=O) groups is 1. The Labute approximate surface area is 164 Å². The molecule has 0 unspecified atom stereocenters. The van der Waals surface area contributed by atoms with E-state index in [0.29, 0.717) is 23.9 Å². The Morgan fingerprint density at radius 2 is 1.89 bits per heavy atom. The maximum Gasteiger partial charge on any atom is 0.272 e. The summed E-state index contributed by atoms with van der Waals surface area (Å²) in [6.07, 6.45) is 5.30. The van der Waals surface area contributed by atoms with Crippen molar-refractivity contribution in [3.8, 4) is 5.69 Å². The third-order valence-corrected chi connectivity index (χ3v) is 5.96. The Bertz CT molecular complexity index is 918. The van der Waals surface area contributed by atoms with Crippen molar-refractivity contribution >= 4 is 34.1 Å². The largest absolute Gasteiger partial charge is 0.345 e. The molecule has 6 nitrogen and oxygen atoms in total. The number of nitrogens with zero attached hydrogens (tertiary/aromatic N) is 5. The zero-order valence-electron chi connectivity index (χ0n) is 14.7. The number of benzene rings is 1. The number of thioether (sulfide) groups is 1. The molecule has 1 fully saturated rings. The van der Waals surface area contributed by atoms with Crippen molar-refractivity contribution in [1.82, 2.24) is 19.4 Å². The van der Waals surface area contributed by atoms with Crippen LogP contribution in [0.2, 0.25) is 0 Å². The van der Waals surface area contributed by atoms with Crippen molar-refractivity contribution < 1.29 is 9.18 Å². The normalized spacial score (nSPS) is 14.6. The first-order valence-corrected chi connectivity index (χ1v) is 10.6. The van der Waals surface area contributed by atoms with E-state index < -0.39 is 0 Å². The van der Waals surface area contributed by atoms with Gasteiger partial charge in [-0.1, -0.05) is 11.8 Å². The topological polar surface area (TPSA) is 54.3 Å². The zero-order valence-corrected chi connectivity index (χ0v) is 16.3. The van der Waals surface area contributed by atoms with Gasteiger partial charge in [-0.25, -0.2) is 14.4 Å². The first-order chi connectivity index (χ1) is 13.2. The number of rotatable bonds is 4. The lowest BCUT2D eigenvalue weighted by atomic mass is 10.2. The highest BCUT2D eigenvalue weighted by molar-refractivity contribution is 7.98. The van der Waals surface area contributed by atoms with E-state index in [0.717, 1.165) is 23.9 Å². The number of imidazole rings is 1. The van der Waals surface area contributed by atoms with E-state index in [1.54, 1.807) is 40.4 Å². The van der Waals surface area contributed by atoms with Crippen LogP contribution in [0, 0.1) is 5.82 Å². The Kier molecular flexibility index (Phi) is 5.13. The molecule has 4 rings (SSSR count). The minimum absolute atomic E-state index is 0.0640. The van der Waals surface area contributed by atoms with Crippen molar-refractivity contribution in [2.75, 3.05) is 37.3 Å². The van der Waals surface area contributed by atoms with Crippen LogP contribution in [0.5, 0.6) is 0 Å². The third-order valence-electron chi connectivity index (χ3n) is 4.47. The van der Waals surface area contributed by atoms with Crippen LogP contribution in [0.25, 0.3) is 5.69 Å². The van der Waals surface area contributed by atoms with Crippen LogP contribution in [0.15, 0.2) is 47.2 Å². The van der Waals surface area contributed by atoms with Crippen LogP contribution < -0.4 is 4.90 Å². The van der Waals surface area contributed by atoms with Gasteiger partial charge in [-0.3, -0.25) is 9.36 Å². The van der Waals surface area contributed by atoms with Crippen LogP contribution in [-0.4, -0.2) is 57.8 Å². The van der Waals surface area contributed by atoms with E-state index in [1.807, 2.05) is 16.5 Å². The van der Waals surface area contributed by atoms with Gasteiger partial charge in [-0.15, -0.1) is 11.3 Å². The van der Waals surface area contributed by atoms with E-state index >= 15 is 0 Å². The third kappa shape index (κ3) is 3.57. The lowest BCUT2D eigenvalue weighted by Gasteiger charge is -2.34. The van der Waals surface area contributed by atoms with Crippen molar-refractivity contribution in [2.45, 2.75) is 5.16 Å². The van der Waals surface area contributed by atoms with Gasteiger partial charge in [0.2, 0.25) is 0 Å². The molecule has 1 aromatic carbocycles. The summed E-state index contributed by atoms with van der Waals surface area (Å²) in [4.78, 5) is 25.9. The molecule has 1 aliphatic rings.